The van der Waals surface area contributed by atoms with Gasteiger partial charge in [-0.2, -0.15) is 5.06 Å². The number of hydrogen-bond donors (Lipinski definition) is 1. The lowest BCUT2D eigenvalue weighted by atomic mass is 10.1. The summed E-state index contributed by atoms with van der Waals surface area (Å²) >= 11 is 0. The molecule has 0 rings (SSSR count). The van der Waals surface area contributed by atoms with Gasteiger partial charge < -0.3 is 14.8 Å². The largest absolute Gasteiger partial charge is 0.463 e. The van der Waals surface area contributed by atoms with E-state index >= 15 is 0 Å². The van der Waals surface area contributed by atoms with E-state index in [1.54, 1.807) is 7.11 Å². The predicted octanol–water partition coefficient (Wildman–Crippen LogP) is 8.77. The molecule has 0 saturated carbocycles. The van der Waals surface area contributed by atoms with Gasteiger partial charge in [-0.05, 0) is 25.7 Å². The summed E-state index contributed by atoms with van der Waals surface area (Å²) in [5.74, 6) is -0.447. The third-order valence-electron chi connectivity index (χ3n) is 6.15. The number of carbonyl (C=O) groups excluding carboxylic acids is 1. The van der Waals surface area contributed by atoms with Crippen LogP contribution in [-0.2, 0) is 14.5 Å². The Morgan fingerprint density at radius 1 is 0.583 bits per heavy atom. The molecule has 0 unspecified atom stereocenters. The average Bonchev–Trinajstić information content (AvgIpc) is 2.87. The lowest BCUT2D eigenvalue weighted by Gasteiger charge is -2.18. The van der Waals surface area contributed by atoms with Crippen LogP contribution >= 0.6 is 0 Å². The van der Waals surface area contributed by atoms with E-state index in [-0.39, 0.29) is 6.54 Å². The van der Waals surface area contributed by atoms with E-state index in [1.165, 1.54) is 83.5 Å². The maximum atomic E-state index is 11.5. The van der Waals surface area contributed by atoms with Crippen LogP contribution in [0.2, 0.25) is 0 Å². The van der Waals surface area contributed by atoms with Crippen molar-refractivity contribution in [3.8, 4) is 0 Å². The van der Waals surface area contributed by atoms with E-state index in [0.717, 1.165) is 43.8 Å². The molecule has 0 aromatic carbocycles. The van der Waals surface area contributed by atoms with Gasteiger partial charge in [-0.1, -0.05) is 118 Å². The number of carbonyl (C=O) groups is 2. The van der Waals surface area contributed by atoms with Gasteiger partial charge in [0.05, 0.1) is 13.7 Å². The highest BCUT2D eigenvalue weighted by atomic mass is 16.7. The normalized spacial score (nSPS) is 10.7. The molecule has 7 heteroatoms. The number of rotatable bonds is 23. The Morgan fingerprint density at radius 3 is 1.47 bits per heavy atom. The summed E-state index contributed by atoms with van der Waals surface area (Å²) in [4.78, 5) is 32.6. The summed E-state index contributed by atoms with van der Waals surface area (Å²) in [7, 11) is 1.79. The first-order valence-electron chi connectivity index (χ1n) is 15.0. The molecule has 0 radical (unpaired) electrons. The zero-order chi connectivity index (χ0) is 27.3. The molecule has 0 fully saturated rings. The number of hydrogen-bond acceptors (Lipinski definition) is 5. The van der Waals surface area contributed by atoms with Crippen LogP contribution in [0.1, 0.15) is 150 Å². The van der Waals surface area contributed by atoms with Crippen LogP contribution in [0, 0.1) is 0 Å². The molecule has 0 saturated heterocycles. The summed E-state index contributed by atoms with van der Waals surface area (Å²) < 4.78 is 0. The molecule has 0 aliphatic carbocycles. The Kier molecular flexibility index (Phi) is 30.6. The maximum absolute atomic E-state index is 11.5. The molecular formula is C29H60N2O5. The fraction of sp³-hybridized carbons (Fsp3) is 0.931. The zero-order valence-corrected chi connectivity index (χ0v) is 24.5. The number of amides is 1. The van der Waals surface area contributed by atoms with Gasteiger partial charge in [0.2, 0.25) is 0 Å². The van der Waals surface area contributed by atoms with Gasteiger partial charge in [0.15, 0.2) is 0 Å². The van der Waals surface area contributed by atoms with Crippen molar-refractivity contribution in [1.29, 1.82) is 0 Å². The summed E-state index contributed by atoms with van der Waals surface area (Å²) in [6.07, 6.45) is 20.6. The quantitative estimate of drug-likeness (QED) is 0.108. The molecule has 0 atom stereocenters. The topological polar surface area (TPSA) is 79.3 Å². The van der Waals surface area contributed by atoms with Crippen molar-refractivity contribution in [2.45, 2.75) is 150 Å². The van der Waals surface area contributed by atoms with Crippen molar-refractivity contribution in [2.75, 3.05) is 26.7 Å². The smallest absolute Gasteiger partial charge is 0.440 e. The van der Waals surface area contributed by atoms with E-state index in [0.29, 0.717) is 12.8 Å². The van der Waals surface area contributed by atoms with Crippen LogP contribution in [0.25, 0.3) is 0 Å². The monoisotopic (exact) mass is 516 g/mol. The molecule has 1 N–H and O–H groups in total. The predicted molar refractivity (Wildman–Crippen MR) is 150 cm³/mol. The van der Waals surface area contributed by atoms with E-state index in [1.807, 2.05) is 6.92 Å². The molecule has 0 bridgehead atoms. The second-order valence-corrected chi connectivity index (χ2v) is 9.66. The molecule has 1 amide bonds. The molecule has 0 aromatic heterocycles. The Hall–Kier alpha value is -1.34. The van der Waals surface area contributed by atoms with Gasteiger partial charge >= 0.3 is 12.1 Å². The first kappa shape index (κ1) is 36.8. The van der Waals surface area contributed by atoms with Crippen LogP contribution < -0.4 is 0 Å². The van der Waals surface area contributed by atoms with Crippen molar-refractivity contribution < 1.29 is 24.4 Å². The van der Waals surface area contributed by atoms with Crippen LogP contribution in [0.4, 0.5) is 4.79 Å². The Balaban J connectivity index is 0. The van der Waals surface area contributed by atoms with E-state index < -0.39 is 12.1 Å². The van der Waals surface area contributed by atoms with Crippen molar-refractivity contribution in [1.82, 2.24) is 10.1 Å². The van der Waals surface area contributed by atoms with Crippen LogP contribution in [0.5, 0.6) is 0 Å². The molecule has 0 aromatic rings. The van der Waals surface area contributed by atoms with Gasteiger partial charge in [0, 0.05) is 19.5 Å². The highest BCUT2D eigenvalue weighted by Crippen LogP contribution is 2.10. The van der Waals surface area contributed by atoms with Crippen molar-refractivity contribution >= 4 is 12.1 Å². The first-order chi connectivity index (χ1) is 17.5. The van der Waals surface area contributed by atoms with Crippen LogP contribution in [0.3, 0.4) is 0 Å². The molecule has 0 aliphatic heterocycles. The lowest BCUT2D eigenvalue weighted by molar-refractivity contribution is -0.180. The van der Waals surface area contributed by atoms with Crippen LogP contribution in [0.15, 0.2) is 0 Å². The van der Waals surface area contributed by atoms with E-state index in [9.17, 15) is 9.59 Å². The van der Waals surface area contributed by atoms with Gasteiger partial charge in [-0.25, -0.2) is 9.59 Å². The number of carboxylic acid groups (broad SMARTS) is 1. The molecular weight excluding hydrogens is 456 g/mol. The molecule has 0 spiro atoms. The van der Waals surface area contributed by atoms with E-state index in [4.69, 9.17) is 14.8 Å². The van der Waals surface area contributed by atoms with Crippen molar-refractivity contribution in [3.63, 3.8) is 0 Å². The maximum Gasteiger partial charge on any atom is 0.440 e. The van der Waals surface area contributed by atoms with Gasteiger partial charge in [0.25, 0.3) is 0 Å². The van der Waals surface area contributed by atoms with Gasteiger partial charge in [0.1, 0.15) is 0 Å². The lowest BCUT2D eigenvalue weighted by Crippen LogP contribution is -2.33. The minimum atomic E-state index is -1.20. The Labute approximate surface area is 223 Å². The minimum Gasteiger partial charge on any atom is -0.463 e. The fourth-order valence-electron chi connectivity index (χ4n) is 3.75. The van der Waals surface area contributed by atoms with Crippen molar-refractivity contribution in [3.05, 3.63) is 0 Å². The summed E-state index contributed by atoms with van der Waals surface area (Å²) in [5.41, 5.74) is 0. The fourth-order valence-corrected chi connectivity index (χ4v) is 3.75. The second kappa shape index (κ2) is 29.9. The standard InChI is InChI=1S/C15H29NO4.C14H31NO/c1-3-5-7-8-9-10-11-12-14(17)20-16(15(18)19)13-6-4-2;1-4-6-8-9-10-11-12-14-15(16-3)13-7-5-2/h3-13H2,1-2H3,(H,18,19);4-14H2,1-3H3. The minimum absolute atomic E-state index is 0.245. The molecule has 7 nitrogen and oxygen atoms in total. The van der Waals surface area contributed by atoms with E-state index in [2.05, 4.69) is 25.8 Å². The third kappa shape index (κ3) is 27.3. The summed E-state index contributed by atoms with van der Waals surface area (Å²) in [6.45, 7) is 11.1. The Morgan fingerprint density at radius 2 is 1.00 bits per heavy atom. The highest BCUT2D eigenvalue weighted by molar-refractivity contribution is 5.72. The molecule has 0 aliphatic rings. The third-order valence-corrected chi connectivity index (χ3v) is 6.15. The Bertz CT molecular complexity index is 477. The summed E-state index contributed by atoms with van der Waals surface area (Å²) in [5, 5.41) is 11.7. The van der Waals surface area contributed by atoms with Gasteiger partial charge in [-0.15, -0.1) is 5.06 Å². The number of unbranched alkanes of at least 4 members (excludes halogenated alkanes) is 14. The second-order valence-electron chi connectivity index (χ2n) is 9.66. The highest BCUT2D eigenvalue weighted by Gasteiger charge is 2.16. The average molecular weight is 517 g/mol. The van der Waals surface area contributed by atoms with Crippen molar-refractivity contribution in [2.24, 2.45) is 0 Å². The number of nitrogens with zero attached hydrogens (tertiary/aromatic N) is 2. The zero-order valence-electron chi connectivity index (χ0n) is 24.5. The molecule has 216 valence electrons. The SMILES string of the molecule is CCCCCCCCCC(=O)ON(CCCC)C(=O)O.CCCCCCCCCN(CCCC)OC. The molecule has 0 heterocycles. The summed E-state index contributed by atoms with van der Waals surface area (Å²) in [6, 6.07) is 0. The number of hydroxylamine groups is 4. The molecule has 36 heavy (non-hydrogen) atoms. The first-order valence-corrected chi connectivity index (χ1v) is 15.0. The van der Waals surface area contributed by atoms with Crippen LogP contribution in [-0.4, -0.2) is 54.0 Å². The van der Waals surface area contributed by atoms with Gasteiger partial charge in [-0.3, -0.25) is 0 Å².